The molecule has 0 heterocycles. The van der Waals surface area contributed by atoms with Crippen LogP contribution in [0.15, 0.2) is 0 Å². The van der Waals surface area contributed by atoms with Crippen molar-refractivity contribution in [2.45, 2.75) is 56.8 Å². The zero-order valence-corrected chi connectivity index (χ0v) is 15.2. The monoisotopic (exact) mass is 397 g/mol. The number of amides is 1. The summed E-state index contributed by atoms with van der Waals surface area (Å²) < 4.78 is 0. The maximum Gasteiger partial charge on any atom is 0.323 e. The molecular formula is C14H31N5O8. The van der Waals surface area contributed by atoms with Crippen LogP contribution in [0, 0.1) is 0 Å². The summed E-state index contributed by atoms with van der Waals surface area (Å²) in [6.45, 7) is 1.94. The Balaban J connectivity index is -0.000000322. The normalized spacial score (nSPS) is 14.1. The summed E-state index contributed by atoms with van der Waals surface area (Å²) in [4.78, 5) is 39.9. The first-order valence-corrected chi connectivity index (χ1v) is 7.89. The number of nitrogens with two attached hydrogens (primary N) is 5. The van der Waals surface area contributed by atoms with Crippen molar-refractivity contribution >= 4 is 23.8 Å². The highest BCUT2D eigenvalue weighted by Crippen LogP contribution is 1.97. The number of rotatable bonds is 10. The number of hydrogen-bond acceptors (Lipinski definition) is 9. The maximum atomic E-state index is 10.1. The minimum Gasteiger partial charge on any atom is -0.480 e. The fourth-order valence-electron chi connectivity index (χ4n) is 1.14. The Morgan fingerprint density at radius 2 is 1.30 bits per heavy atom. The van der Waals surface area contributed by atoms with Crippen molar-refractivity contribution in [1.29, 1.82) is 0 Å². The fourth-order valence-corrected chi connectivity index (χ4v) is 1.14. The van der Waals surface area contributed by atoms with Crippen LogP contribution in [-0.4, -0.2) is 75.0 Å². The molecule has 0 aromatic carbocycles. The van der Waals surface area contributed by atoms with Gasteiger partial charge in [0.1, 0.15) is 18.1 Å². The van der Waals surface area contributed by atoms with Crippen molar-refractivity contribution in [2.75, 3.05) is 6.54 Å². The third kappa shape index (κ3) is 21.6. The summed E-state index contributed by atoms with van der Waals surface area (Å²) in [5, 5.41) is 33.0. The predicted octanol–water partition coefficient (Wildman–Crippen LogP) is -3.42. The first-order chi connectivity index (χ1) is 12.3. The van der Waals surface area contributed by atoms with E-state index in [1.165, 1.54) is 6.92 Å². The van der Waals surface area contributed by atoms with E-state index in [9.17, 15) is 19.2 Å². The Hall–Kier alpha value is -2.32. The quantitative estimate of drug-likeness (QED) is 0.163. The molecule has 0 spiro atoms. The zero-order valence-electron chi connectivity index (χ0n) is 15.2. The van der Waals surface area contributed by atoms with Crippen LogP contribution in [0.2, 0.25) is 0 Å². The van der Waals surface area contributed by atoms with Gasteiger partial charge in [-0.2, -0.15) is 0 Å². The van der Waals surface area contributed by atoms with Crippen molar-refractivity contribution in [3.05, 3.63) is 0 Å². The van der Waals surface area contributed by atoms with E-state index in [2.05, 4.69) is 5.73 Å². The number of aliphatic hydroxyl groups excluding tert-OH is 1. The minimum atomic E-state index is -1.21. The first-order valence-electron chi connectivity index (χ1n) is 7.89. The molecule has 4 unspecified atom stereocenters. The van der Waals surface area contributed by atoms with Gasteiger partial charge in [-0.15, -0.1) is 0 Å². The van der Waals surface area contributed by atoms with Gasteiger partial charge in [0, 0.05) is 0 Å². The second-order valence-electron chi connectivity index (χ2n) is 5.45. The lowest BCUT2D eigenvalue weighted by Gasteiger charge is -2.06. The molecule has 0 radical (unpaired) electrons. The number of primary amides is 1. The molecule has 0 rings (SSSR count). The molecule has 0 aliphatic rings. The van der Waals surface area contributed by atoms with Crippen molar-refractivity contribution in [2.24, 2.45) is 28.7 Å². The molecular weight excluding hydrogens is 366 g/mol. The Labute approximate surface area is 156 Å². The smallest absolute Gasteiger partial charge is 0.323 e. The van der Waals surface area contributed by atoms with E-state index in [1.807, 2.05) is 0 Å². The first kappa shape index (κ1) is 29.4. The van der Waals surface area contributed by atoms with Gasteiger partial charge in [0.25, 0.3) is 0 Å². The Kier molecular flexibility index (Phi) is 18.7. The third-order valence-corrected chi connectivity index (χ3v) is 2.83. The van der Waals surface area contributed by atoms with Gasteiger partial charge in [0.15, 0.2) is 0 Å². The molecule has 0 saturated heterocycles. The average Bonchev–Trinajstić information content (AvgIpc) is 2.54. The van der Waals surface area contributed by atoms with Gasteiger partial charge in [0.05, 0.1) is 12.5 Å². The molecule has 13 heteroatoms. The Morgan fingerprint density at radius 3 is 1.48 bits per heavy atom. The van der Waals surface area contributed by atoms with Gasteiger partial charge >= 0.3 is 17.9 Å². The Bertz CT molecular complexity index is 461. The molecule has 4 atom stereocenters. The molecule has 0 aliphatic heterocycles. The van der Waals surface area contributed by atoms with Crippen LogP contribution in [0.4, 0.5) is 0 Å². The molecule has 0 saturated carbocycles. The molecule has 0 bridgehead atoms. The van der Waals surface area contributed by atoms with Gasteiger partial charge in [0.2, 0.25) is 5.91 Å². The van der Waals surface area contributed by atoms with Crippen LogP contribution in [0.25, 0.3) is 0 Å². The summed E-state index contributed by atoms with van der Waals surface area (Å²) in [6.07, 6.45) is 0.875. The minimum absolute atomic E-state index is 0.310. The fraction of sp³-hybridized carbons (Fsp3) is 0.714. The van der Waals surface area contributed by atoms with E-state index in [0.717, 1.165) is 12.8 Å². The van der Waals surface area contributed by atoms with Gasteiger partial charge in [-0.25, -0.2) is 0 Å². The largest absolute Gasteiger partial charge is 0.480 e. The van der Waals surface area contributed by atoms with Crippen LogP contribution >= 0.6 is 0 Å². The highest BCUT2D eigenvalue weighted by molar-refractivity contribution is 5.83. The average molecular weight is 397 g/mol. The molecule has 14 N–H and O–H groups in total. The van der Waals surface area contributed by atoms with E-state index in [0.29, 0.717) is 13.0 Å². The zero-order chi connectivity index (χ0) is 22.2. The molecule has 1 amide bonds. The van der Waals surface area contributed by atoms with E-state index < -0.39 is 48.0 Å². The molecule has 27 heavy (non-hydrogen) atoms. The number of carbonyl (C=O) groups is 4. The molecule has 160 valence electrons. The second kappa shape index (κ2) is 17.1. The van der Waals surface area contributed by atoms with Gasteiger partial charge in [-0.05, 0) is 26.3 Å². The van der Waals surface area contributed by atoms with Gasteiger partial charge < -0.3 is 49.1 Å². The SMILES string of the molecule is CC(O)C(N)C(=O)O.NC(=O)CC(N)C(=O)O.NCCCCC(N)C(=O)O. The van der Waals surface area contributed by atoms with Crippen molar-refractivity contribution in [3.63, 3.8) is 0 Å². The van der Waals surface area contributed by atoms with E-state index in [1.54, 1.807) is 0 Å². The third-order valence-electron chi connectivity index (χ3n) is 2.83. The number of hydrogen-bond donors (Lipinski definition) is 9. The molecule has 0 aromatic heterocycles. The van der Waals surface area contributed by atoms with Crippen molar-refractivity contribution < 1.29 is 39.6 Å². The van der Waals surface area contributed by atoms with E-state index in [4.69, 9.17) is 43.4 Å². The molecule has 0 aliphatic carbocycles. The topological polar surface area (TPSA) is 279 Å². The van der Waals surface area contributed by atoms with Crippen LogP contribution in [0.1, 0.15) is 32.6 Å². The van der Waals surface area contributed by atoms with Gasteiger partial charge in [-0.1, -0.05) is 6.42 Å². The number of carbonyl (C=O) groups excluding carboxylic acids is 1. The number of unbranched alkanes of at least 4 members (excludes halogenated alkanes) is 1. The molecule has 0 fully saturated rings. The standard InChI is InChI=1S/C6H14N2O2.C4H8N2O3.C4H9NO3/c7-4-2-1-3-5(8)6(9)10;5-2(4(8)9)1-3(6)7;1-2(6)3(5)4(7)8/h5H,1-4,7-8H2,(H,9,10);2H,1,5H2,(H2,6,7)(H,8,9);2-3,6H,5H2,1H3,(H,7,8). The lowest BCUT2D eigenvalue weighted by atomic mass is 10.1. The highest BCUT2D eigenvalue weighted by atomic mass is 16.4. The number of aliphatic hydroxyl groups is 1. The van der Waals surface area contributed by atoms with Crippen molar-refractivity contribution in [1.82, 2.24) is 0 Å². The molecule has 13 nitrogen and oxygen atoms in total. The van der Waals surface area contributed by atoms with E-state index in [-0.39, 0.29) is 6.42 Å². The summed E-state index contributed by atoms with van der Waals surface area (Å²) >= 11 is 0. The van der Waals surface area contributed by atoms with Crippen LogP contribution in [-0.2, 0) is 19.2 Å². The maximum absolute atomic E-state index is 10.1. The number of carboxylic acids is 3. The number of carboxylic acid groups (broad SMARTS) is 3. The summed E-state index contributed by atoms with van der Waals surface area (Å²) in [5.41, 5.74) is 24.9. The van der Waals surface area contributed by atoms with Crippen LogP contribution in [0.5, 0.6) is 0 Å². The van der Waals surface area contributed by atoms with Gasteiger partial charge in [-0.3, -0.25) is 19.2 Å². The number of aliphatic carboxylic acids is 3. The van der Waals surface area contributed by atoms with Crippen molar-refractivity contribution in [3.8, 4) is 0 Å². The second-order valence-corrected chi connectivity index (χ2v) is 5.45. The Morgan fingerprint density at radius 1 is 0.852 bits per heavy atom. The predicted molar refractivity (Wildman–Crippen MR) is 95.2 cm³/mol. The lowest BCUT2D eigenvalue weighted by Crippen LogP contribution is -2.39. The highest BCUT2D eigenvalue weighted by Gasteiger charge is 2.16. The van der Waals surface area contributed by atoms with E-state index >= 15 is 0 Å². The van der Waals surface area contributed by atoms with Crippen LogP contribution in [0.3, 0.4) is 0 Å². The summed E-state index contributed by atoms with van der Waals surface area (Å²) in [6, 6.07) is -3.04. The summed E-state index contributed by atoms with van der Waals surface area (Å²) in [5.74, 6) is -4.03. The summed E-state index contributed by atoms with van der Waals surface area (Å²) in [7, 11) is 0. The lowest BCUT2D eigenvalue weighted by molar-refractivity contribution is -0.141. The molecule has 0 aromatic rings. The van der Waals surface area contributed by atoms with Crippen LogP contribution < -0.4 is 28.7 Å².